The summed E-state index contributed by atoms with van der Waals surface area (Å²) in [5.74, 6) is 1.19. The van der Waals surface area contributed by atoms with Gasteiger partial charge in [0.25, 0.3) is 0 Å². The lowest BCUT2D eigenvalue weighted by molar-refractivity contribution is 0.317. The summed E-state index contributed by atoms with van der Waals surface area (Å²) < 4.78 is 5.99. The average molecular weight is 348 g/mol. The fourth-order valence-electron chi connectivity index (χ4n) is 2.14. The Hall–Kier alpha value is -2.21. The standard InChI is InChI=1S/C15H14BrN3O2/c1-2-21-13-6-8(5-10(16)14(13)20)15-18-11-4-3-9(17)7-12(11)19-15/h3-7,20H,2,17H2,1H3,(H,18,19). The molecule has 21 heavy (non-hydrogen) atoms. The normalized spacial score (nSPS) is 11.0. The number of hydrogen-bond acceptors (Lipinski definition) is 4. The van der Waals surface area contributed by atoms with Gasteiger partial charge in [0, 0.05) is 11.3 Å². The summed E-state index contributed by atoms with van der Waals surface area (Å²) in [7, 11) is 0. The molecule has 0 saturated carbocycles. The minimum Gasteiger partial charge on any atom is -0.503 e. The molecule has 0 aliphatic heterocycles. The predicted octanol–water partition coefficient (Wildman–Crippen LogP) is 3.68. The van der Waals surface area contributed by atoms with Gasteiger partial charge in [-0.05, 0) is 53.2 Å². The topological polar surface area (TPSA) is 84.2 Å². The first kappa shape index (κ1) is 13.8. The van der Waals surface area contributed by atoms with Gasteiger partial charge < -0.3 is 20.6 Å². The maximum Gasteiger partial charge on any atom is 0.172 e. The zero-order valence-electron chi connectivity index (χ0n) is 11.4. The summed E-state index contributed by atoms with van der Waals surface area (Å²) in [6.45, 7) is 2.34. The number of rotatable bonds is 3. The Kier molecular flexibility index (Phi) is 3.47. The number of nitrogens with zero attached hydrogens (tertiary/aromatic N) is 1. The molecule has 0 amide bonds. The monoisotopic (exact) mass is 347 g/mol. The van der Waals surface area contributed by atoms with E-state index in [4.69, 9.17) is 10.5 Å². The van der Waals surface area contributed by atoms with Gasteiger partial charge in [-0.3, -0.25) is 0 Å². The molecule has 0 radical (unpaired) electrons. The van der Waals surface area contributed by atoms with E-state index in [-0.39, 0.29) is 5.75 Å². The lowest BCUT2D eigenvalue weighted by Gasteiger charge is -2.09. The summed E-state index contributed by atoms with van der Waals surface area (Å²) in [6.07, 6.45) is 0. The molecule has 4 N–H and O–H groups in total. The number of aromatic amines is 1. The van der Waals surface area contributed by atoms with Crippen LogP contribution in [0.3, 0.4) is 0 Å². The number of nitrogens with two attached hydrogens (primary N) is 1. The zero-order valence-corrected chi connectivity index (χ0v) is 12.9. The highest BCUT2D eigenvalue weighted by Gasteiger charge is 2.13. The number of phenolic OH excluding ortho intramolecular Hbond substituents is 1. The lowest BCUT2D eigenvalue weighted by atomic mass is 10.2. The molecule has 3 aromatic rings. The average Bonchev–Trinajstić information content (AvgIpc) is 2.86. The summed E-state index contributed by atoms with van der Waals surface area (Å²) in [6, 6.07) is 9.06. The number of aromatic nitrogens is 2. The van der Waals surface area contributed by atoms with E-state index < -0.39 is 0 Å². The Morgan fingerprint density at radius 1 is 1.33 bits per heavy atom. The van der Waals surface area contributed by atoms with Crippen LogP contribution in [0.15, 0.2) is 34.8 Å². The van der Waals surface area contributed by atoms with Crippen molar-refractivity contribution in [2.75, 3.05) is 12.3 Å². The summed E-state index contributed by atoms with van der Waals surface area (Å²) in [5, 5.41) is 9.96. The first-order valence-corrected chi connectivity index (χ1v) is 7.28. The Morgan fingerprint density at radius 2 is 2.14 bits per heavy atom. The fraction of sp³-hybridized carbons (Fsp3) is 0.133. The highest BCUT2D eigenvalue weighted by Crippen LogP contribution is 2.38. The SMILES string of the molecule is CCOc1cc(-c2nc3ccc(N)cc3[nH]2)cc(Br)c1O. The first-order valence-electron chi connectivity index (χ1n) is 6.49. The second-order valence-corrected chi connectivity index (χ2v) is 5.45. The third kappa shape index (κ3) is 2.54. The first-order chi connectivity index (χ1) is 10.1. The fourth-order valence-corrected chi connectivity index (χ4v) is 2.58. The summed E-state index contributed by atoms with van der Waals surface area (Å²) >= 11 is 3.33. The lowest BCUT2D eigenvalue weighted by Crippen LogP contribution is -1.93. The zero-order chi connectivity index (χ0) is 15.0. The van der Waals surface area contributed by atoms with Crippen molar-refractivity contribution < 1.29 is 9.84 Å². The van der Waals surface area contributed by atoms with Gasteiger partial charge in [-0.1, -0.05) is 0 Å². The molecule has 0 aliphatic rings. The van der Waals surface area contributed by atoms with Crippen LogP contribution in [0.4, 0.5) is 5.69 Å². The molecule has 0 unspecified atom stereocenters. The Balaban J connectivity index is 2.13. The van der Waals surface area contributed by atoms with Gasteiger partial charge >= 0.3 is 0 Å². The number of H-pyrrole nitrogens is 1. The van der Waals surface area contributed by atoms with Gasteiger partial charge in [0.05, 0.1) is 22.1 Å². The molecule has 1 aromatic heterocycles. The van der Waals surface area contributed by atoms with Crippen molar-refractivity contribution in [2.45, 2.75) is 6.92 Å². The summed E-state index contributed by atoms with van der Waals surface area (Å²) in [5.41, 5.74) is 8.97. The molecular formula is C15H14BrN3O2. The van der Waals surface area contributed by atoms with Crippen molar-refractivity contribution >= 4 is 32.7 Å². The molecule has 0 spiro atoms. The van der Waals surface area contributed by atoms with Crippen molar-refractivity contribution in [3.63, 3.8) is 0 Å². The largest absolute Gasteiger partial charge is 0.503 e. The van der Waals surface area contributed by atoms with Crippen molar-refractivity contribution in [2.24, 2.45) is 0 Å². The number of imidazole rings is 1. The Bertz CT molecular complexity index is 814. The molecule has 5 nitrogen and oxygen atoms in total. The van der Waals surface area contributed by atoms with Crippen LogP contribution < -0.4 is 10.5 Å². The quantitative estimate of drug-likeness (QED) is 0.631. The minimum atomic E-state index is 0.0842. The second-order valence-electron chi connectivity index (χ2n) is 4.60. The van der Waals surface area contributed by atoms with E-state index in [0.717, 1.165) is 16.6 Å². The van der Waals surface area contributed by atoms with E-state index >= 15 is 0 Å². The number of aromatic hydroxyl groups is 1. The van der Waals surface area contributed by atoms with Crippen molar-refractivity contribution in [3.05, 3.63) is 34.8 Å². The van der Waals surface area contributed by atoms with E-state index in [2.05, 4.69) is 25.9 Å². The number of nitrogen functional groups attached to an aromatic ring is 1. The molecule has 0 bridgehead atoms. The second kappa shape index (κ2) is 5.29. The van der Waals surface area contributed by atoms with Gasteiger partial charge in [0.15, 0.2) is 11.5 Å². The van der Waals surface area contributed by atoms with Gasteiger partial charge in [-0.25, -0.2) is 4.98 Å². The van der Waals surface area contributed by atoms with Crippen molar-refractivity contribution in [1.29, 1.82) is 0 Å². The van der Waals surface area contributed by atoms with Crippen LogP contribution in [0.1, 0.15) is 6.92 Å². The number of nitrogens with one attached hydrogen (secondary N) is 1. The molecule has 108 valence electrons. The Labute approximate surface area is 129 Å². The van der Waals surface area contributed by atoms with Crippen molar-refractivity contribution in [1.82, 2.24) is 9.97 Å². The maximum absolute atomic E-state index is 9.96. The third-order valence-corrected chi connectivity index (χ3v) is 3.71. The van der Waals surface area contributed by atoms with Crippen LogP contribution in [-0.2, 0) is 0 Å². The van der Waals surface area contributed by atoms with E-state index in [1.54, 1.807) is 12.1 Å². The van der Waals surface area contributed by atoms with Crippen molar-refractivity contribution in [3.8, 4) is 22.9 Å². The van der Waals surface area contributed by atoms with Crippen LogP contribution in [0.2, 0.25) is 0 Å². The number of hydrogen-bond donors (Lipinski definition) is 3. The van der Waals surface area contributed by atoms with E-state index in [1.807, 2.05) is 25.1 Å². The van der Waals surface area contributed by atoms with Gasteiger partial charge in [0.1, 0.15) is 5.82 Å². The van der Waals surface area contributed by atoms with Crippen LogP contribution >= 0.6 is 15.9 Å². The molecule has 1 heterocycles. The molecule has 2 aromatic carbocycles. The highest BCUT2D eigenvalue weighted by molar-refractivity contribution is 9.10. The third-order valence-electron chi connectivity index (χ3n) is 3.11. The molecule has 0 saturated heterocycles. The number of benzene rings is 2. The molecule has 6 heteroatoms. The summed E-state index contributed by atoms with van der Waals surface area (Å²) in [4.78, 5) is 7.75. The molecular weight excluding hydrogens is 334 g/mol. The molecule has 0 aliphatic carbocycles. The number of anilines is 1. The Morgan fingerprint density at radius 3 is 2.90 bits per heavy atom. The van der Waals surface area contributed by atoms with E-state index in [0.29, 0.717) is 28.3 Å². The predicted molar refractivity (Wildman–Crippen MR) is 86.5 cm³/mol. The smallest absolute Gasteiger partial charge is 0.172 e. The molecule has 0 fully saturated rings. The van der Waals surface area contributed by atoms with Gasteiger partial charge in [0.2, 0.25) is 0 Å². The van der Waals surface area contributed by atoms with Crippen LogP contribution in [0, 0.1) is 0 Å². The van der Waals surface area contributed by atoms with Crippen LogP contribution in [-0.4, -0.2) is 21.7 Å². The highest BCUT2D eigenvalue weighted by atomic mass is 79.9. The number of halogens is 1. The van der Waals surface area contributed by atoms with Gasteiger partial charge in [-0.15, -0.1) is 0 Å². The number of ether oxygens (including phenoxy) is 1. The minimum absolute atomic E-state index is 0.0842. The number of phenols is 1. The van der Waals surface area contributed by atoms with Crippen LogP contribution in [0.25, 0.3) is 22.4 Å². The maximum atomic E-state index is 9.96. The van der Waals surface area contributed by atoms with E-state index in [1.165, 1.54) is 0 Å². The molecule has 3 rings (SSSR count). The molecule has 0 atom stereocenters. The number of fused-ring (bicyclic) bond motifs is 1. The van der Waals surface area contributed by atoms with Gasteiger partial charge in [-0.2, -0.15) is 0 Å². The van der Waals surface area contributed by atoms with E-state index in [9.17, 15) is 5.11 Å². The van der Waals surface area contributed by atoms with Crippen LogP contribution in [0.5, 0.6) is 11.5 Å².